The van der Waals surface area contributed by atoms with Crippen molar-refractivity contribution in [2.75, 3.05) is 46.0 Å². The van der Waals surface area contributed by atoms with Crippen molar-refractivity contribution in [1.29, 1.82) is 0 Å². The molecule has 0 aliphatic carbocycles. The number of nitrogens with zero attached hydrogens (tertiary/aromatic N) is 1. The third kappa shape index (κ3) is 4.21. The van der Waals surface area contributed by atoms with Gasteiger partial charge in [-0.15, -0.1) is 0 Å². The highest BCUT2D eigenvalue weighted by Gasteiger charge is 2.24. The Morgan fingerprint density at radius 2 is 2.06 bits per heavy atom. The van der Waals surface area contributed by atoms with Crippen LogP contribution in [0.3, 0.4) is 0 Å². The van der Waals surface area contributed by atoms with Crippen LogP contribution in [-0.2, 0) is 4.74 Å². The van der Waals surface area contributed by atoms with E-state index in [0.717, 1.165) is 51.6 Å². The molecular formula is C13H26N2O2. The first-order valence-corrected chi connectivity index (χ1v) is 7.03. The van der Waals surface area contributed by atoms with Crippen molar-refractivity contribution >= 4 is 0 Å². The van der Waals surface area contributed by atoms with Crippen LogP contribution in [-0.4, -0.2) is 62.0 Å². The van der Waals surface area contributed by atoms with E-state index in [9.17, 15) is 5.11 Å². The fourth-order valence-corrected chi connectivity index (χ4v) is 3.01. The van der Waals surface area contributed by atoms with E-state index in [1.807, 2.05) is 0 Å². The van der Waals surface area contributed by atoms with Crippen molar-refractivity contribution in [2.24, 2.45) is 5.92 Å². The zero-order valence-corrected chi connectivity index (χ0v) is 10.7. The van der Waals surface area contributed by atoms with Crippen LogP contribution in [0.2, 0.25) is 0 Å². The maximum absolute atomic E-state index is 9.21. The third-order valence-corrected chi connectivity index (χ3v) is 3.99. The van der Waals surface area contributed by atoms with Gasteiger partial charge < -0.3 is 15.2 Å². The molecule has 2 aliphatic heterocycles. The summed E-state index contributed by atoms with van der Waals surface area (Å²) in [6, 6.07) is 0.623. The molecule has 4 nitrogen and oxygen atoms in total. The Hall–Kier alpha value is -0.160. The van der Waals surface area contributed by atoms with Crippen molar-refractivity contribution in [3.63, 3.8) is 0 Å². The molecule has 1 atom stereocenters. The predicted molar refractivity (Wildman–Crippen MR) is 68.1 cm³/mol. The summed E-state index contributed by atoms with van der Waals surface area (Å²) in [4.78, 5) is 2.49. The minimum atomic E-state index is 0.275. The minimum Gasteiger partial charge on any atom is -0.395 e. The summed E-state index contributed by atoms with van der Waals surface area (Å²) in [6.07, 6.45) is 4.88. The van der Waals surface area contributed by atoms with Gasteiger partial charge in [0.2, 0.25) is 0 Å². The van der Waals surface area contributed by atoms with Gasteiger partial charge in [-0.05, 0) is 44.7 Å². The number of aliphatic hydroxyl groups is 1. The van der Waals surface area contributed by atoms with Crippen LogP contribution in [0.5, 0.6) is 0 Å². The quantitative estimate of drug-likeness (QED) is 0.735. The number of hydrogen-bond donors (Lipinski definition) is 2. The Morgan fingerprint density at radius 1 is 1.24 bits per heavy atom. The van der Waals surface area contributed by atoms with Gasteiger partial charge in [0.1, 0.15) is 0 Å². The molecule has 2 rings (SSSR count). The zero-order valence-electron chi connectivity index (χ0n) is 10.7. The average molecular weight is 242 g/mol. The standard InChI is InChI=1S/C13H26N2O2/c16-7-6-15(13-3-8-17-9-4-13)11-12-2-1-5-14-10-12/h12-14,16H,1-11H2. The molecule has 1 unspecified atom stereocenters. The fourth-order valence-electron chi connectivity index (χ4n) is 3.01. The van der Waals surface area contributed by atoms with Gasteiger partial charge in [-0.1, -0.05) is 0 Å². The first-order chi connectivity index (χ1) is 8.40. The van der Waals surface area contributed by atoms with Crippen LogP contribution in [0.4, 0.5) is 0 Å². The summed E-state index contributed by atoms with van der Waals surface area (Å²) in [5, 5.41) is 12.7. The van der Waals surface area contributed by atoms with Crippen LogP contribution in [0.25, 0.3) is 0 Å². The topological polar surface area (TPSA) is 44.7 Å². The number of nitrogens with one attached hydrogen (secondary N) is 1. The predicted octanol–water partition coefficient (Wildman–Crippen LogP) is 0.459. The first kappa shape index (κ1) is 13.3. The minimum absolute atomic E-state index is 0.275. The number of rotatable bonds is 5. The van der Waals surface area contributed by atoms with Gasteiger partial charge in [-0.25, -0.2) is 0 Å². The van der Waals surface area contributed by atoms with Crippen LogP contribution in [0.15, 0.2) is 0 Å². The van der Waals surface area contributed by atoms with Gasteiger partial charge in [-0.2, -0.15) is 0 Å². The van der Waals surface area contributed by atoms with E-state index in [1.54, 1.807) is 0 Å². The molecule has 0 radical (unpaired) electrons. The van der Waals surface area contributed by atoms with Gasteiger partial charge in [0.25, 0.3) is 0 Å². The lowest BCUT2D eigenvalue weighted by Crippen LogP contribution is -2.46. The number of hydrogen-bond acceptors (Lipinski definition) is 4. The lowest BCUT2D eigenvalue weighted by Gasteiger charge is -2.37. The second kappa shape index (κ2) is 7.31. The van der Waals surface area contributed by atoms with E-state index in [2.05, 4.69) is 10.2 Å². The summed E-state index contributed by atoms with van der Waals surface area (Å²) in [5.74, 6) is 0.762. The molecule has 17 heavy (non-hydrogen) atoms. The Labute approximate surface area is 104 Å². The van der Waals surface area contributed by atoms with Crippen LogP contribution in [0, 0.1) is 5.92 Å². The van der Waals surface area contributed by atoms with Gasteiger partial charge >= 0.3 is 0 Å². The number of ether oxygens (including phenoxy) is 1. The SMILES string of the molecule is OCCN(CC1CCCNC1)C1CCOCC1. The molecule has 2 heterocycles. The molecule has 0 saturated carbocycles. The molecule has 0 amide bonds. The molecule has 0 aromatic carbocycles. The highest BCUT2D eigenvalue weighted by molar-refractivity contribution is 4.79. The molecular weight excluding hydrogens is 216 g/mol. The second-order valence-corrected chi connectivity index (χ2v) is 5.27. The van der Waals surface area contributed by atoms with Crippen molar-refractivity contribution in [2.45, 2.75) is 31.7 Å². The highest BCUT2D eigenvalue weighted by Crippen LogP contribution is 2.18. The number of piperidine rings is 1. The van der Waals surface area contributed by atoms with Crippen molar-refractivity contribution in [3.05, 3.63) is 0 Å². The van der Waals surface area contributed by atoms with E-state index in [4.69, 9.17) is 4.74 Å². The lowest BCUT2D eigenvalue weighted by molar-refractivity contribution is 0.0205. The van der Waals surface area contributed by atoms with Crippen molar-refractivity contribution < 1.29 is 9.84 Å². The Balaban J connectivity index is 1.81. The molecule has 2 aliphatic rings. The second-order valence-electron chi connectivity index (χ2n) is 5.27. The van der Waals surface area contributed by atoms with E-state index < -0.39 is 0 Å². The maximum atomic E-state index is 9.21. The summed E-state index contributed by atoms with van der Waals surface area (Å²) >= 11 is 0. The summed E-state index contributed by atoms with van der Waals surface area (Å²) in [6.45, 7) is 6.32. The van der Waals surface area contributed by atoms with Crippen molar-refractivity contribution in [1.82, 2.24) is 10.2 Å². The molecule has 100 valence electrons. The average Bonchev–Trinajstić information content (AvgIpc) is 2.40. The van der Waals surface area contributed by atoms with Gasteiger partial charge in [0.05, 0.1) is 6.61 Å². The third-order valence-electron chi connectivity index (χ3n) is 3.99. The van der Waals surface area contributed by atoms with Gasteiger partial charge in [-0.3, -0.25) is 4.90 Å². The number of aliphatic hydroxyl groups excluding tert-OH is 1. The lowest BCUT2D eigenvalue weighted by atomic mass is 9.97. The Bertz CT molecular complexity index is 202. The smallest absolute Gasteiger partial charge is 0.0558 e. The van der Waals surface area contributed by atoms with E-state index in [0.29, 0.717) is 6.04 Å². The van der Waals surface area contributed by atoms with E-state index in [-0.39, 0.29) is 6.61 Å². The molecule has 0 spiro atoms. The molecule has 4 heteroatoms. The molecule has 2 N–H and O–H groups in total. The van der Waals surface area contributed by atoms with E-state index in [1.165, 1.54) is 19.4 Å². The molecule has 0 bridgehead atoms. The van der Waals surface area contributed by atoms with Crippen LogP contribution >= 0.6 is 0 Å². The maximum Gasteiger partial charge on any atom is 0.0558 e. The summed E-state index contributed by atoms with van der Waals surface area (Å²) in [7, 11) is 0. The summed E-state index contributed by atoms with van der Waals surface area (Å²) < 4.78 is 5.42. The van der Waals surface area contributed by atoms with E-state index >= 15 is 0 Å². The van der Waals surface area contributed by atoms with Crippen LogP contribution < -0.4 is 5.32 Å². The highest BCUT2D eigenvalue weighted by atomic mass is 16.5. The zero-order chi connectivity index (χ0) is 11.9. The monoisotopic (exact) mass is 242 g/mol. The summed E-state index contributed by atoms with van der Waals surface area (Å²) in [5.41, 5.74) is 0. The molecule has 0 aromatic heterocycles. The van der Waals surface area contributed by atoms with Crippen LogP contribution in [0.1, 0.15) is 25.7 Å². The normalized spacial score (nSPS) is 27.5. The van der Waals surface area contributed by atoms with Gasteiger partial charge in [0.15, 0.2) is 0 Å². The molecule has 2 fully saturated rings. The largest absolute Gasteiger partial charge is 0.395 e. The Morgan fingerprint density at radius 3 is 2.71 bits per heavy atom. The molecule has 0 aromatic rings. The van der Waals surface area contributed by atoms with Gasteiger partial charge in [0, 0.05) is 32.3 Å². The fraction of sp³-hybridized carbons (Fsp3) is 1.00. The first-order valence-electron chi connectivity index (χ1n) is 7.03. The van der Waals surface area contributed by atoms with Crippen molar-refractivity contribution in [3.8, 4) is 0 Å². The Kier molecular flexibility index (Phi) is 5.71. The molecule has 2 saturated heterocycles.